The summed E-state index contributed by atoms with van der Waals surface area (Å²) in [5.74, 6) is 0. The standard InChI is InChI=1S/C7H8N4O2/c1-2-13-7(12)11-4-6(10)5(9)3-8/h9H,2,10H2,1H3/p+1. The Labute approximate surface area is 75.2 Å². The maximum atomic E-state index is 10.6. The van der Waals surface area contributed by atoms with E-state index in [2.05, 4.69) is 15.7 Å². The van der Waals surface area contributed by atoms with Crippen molar-refractivity contribution < 1.29 is 9.53 Å². The summed E-state index contributed by atoms with van der Waals surface area (Å²) in [6.07, 6.45) is -0.823. The molecule has 0 rings (SSSR count). The van der Waals surface area contributed by atoms with Crippen LogP contribution in [0.4, 0.5) is 4.79 Å². The molecular formula is C7H9N4O2+. The molecule has 0 fully saturated rings. The molecule has 68 valence electrons. The van der Waals surface area contributed by atoms with E-state index in [0.717, 1.165) is 0 Å². The van der Waals surface area contributed by atoms with Gasteiger partial charge < -0.3 is 16.2 Å². The number of rotatable bonds is 1. The first-order chi connectivity index (χ1) is 6.11. The van der Waals surface area contributed by atoms with E-state index in [1.54, 1.807) is 13.0 Å². The summed E-state index contributed by atoms with van der Waals surface area (Å²) in [7, 11) is 0. The zero-order valence-electron chi connectivity index (χ0n) is 7.07. The van der Waals surface area contributed by atoms with Gasteiger partial charge in [-0.1, -0.05) is 0 Å². The number of hydrogen-bond acceptors (Lipinski definition) is 5. The van der Waals surface area contributed by atoms with E-state index in [9.17, 15) is 4.79 Å². The van der Waals surface area contributed by atoms with Crippen LogP contribution in [0, 0.1) is 17.4 Å². The van der Waals surface area contributed by atoms with Gasteiger partial charge in [0.05, 0.1) is 11.5 Å². The molecule has 0 aromatic carbocycles. The smallest absolute Gasteiger partial charge is 0.398 e. The summed E-state index contributed by atoms with van der Waals surface area (Å²) in [6.45, 7) is 1.84. The fourth-order valence-corrected chi connectivity index (χ4v) is 0.382. The normalized spacial score (nSPS) is 10.2. The predicted molar refractivity (Wildman–Crippen MR) is 45.3 cm³/mol. The van der Waals surface area contributed by atoms with Crippen molar-refractivity contribution in [1.82, 2.24) is 0 Å². The van der Waals surface area contributed by atoms with E-state index >= 15 is 0 Å². The number of hydrogen-bond donors (Lipinski definition) is 2. The first-order valence-corrected chi connectivity index (χ1v) is 3.40. The van der Waals surface area contributed by atoms with E-state index in [4.69, 9.17) is 16.7 Å². The zero-order chi connectivity index (χ0) is 10.3. The highest BCUT2D eigenvalue weighted by atomic mass is 16.5. The molecule has 1 amide bonds. The number of nitrogens with two attached hydrogens (primary N) is 2. The number of nitriles is 1. The van der Waals surface area contributed by atoms with Crippen molar-refractivity contribution in [2.75, 3.05) is 6.61 Å². The number of amides is 1. The second kappa shape index (κ2) is 5.44. The third kappa shape index (κ3) is 4.27. The van der Waals surface area contributed by atoms with Crippen molar-refractivity contribution in [3.63, 3.8) is 0 Å². The molecule has 0 aliphatic heterocycles. The molecule has 0 unspecified atom stereocenters. The third-order valence-corrected chi connectivity index (χ3v) is 0.946. The molecule has 6 heteroatoms. The molecule has 0 aliphatic carbocycles. The fraction of sp³-hybridized carbons (Fsp3) is 0.286. The highest BCUT2D eigenvalue weighted by Crippen LogP contribution is 1.89. The Morgan fingerprint density at radius 1 is 1.54 bits per heavy atom. The van der Waals surface area contributed by atoms with Crippen LogP contribution in [0.25, 0.3) is 4.85 Å². The molecule has 0 saturated heterocycles. The molecule has 0 aliphatic rings. The first-order valence-electron chi connectivity index (χ1n) is 3.40. The van der Waals surface area contributed by atoms with Crippen LogP contribution in [-0.4, -0.2) is 12.7 Å². The second-order valence-electron chi connectivity index (χ2n) is 1.86. The van der Waals surface area contributed by atoms with Gasteiger partial charge in [0.25, 0.3) is 0 Å². The maximum absolute atomic E-state index is 10.6. The van der Waals surface area contributed by atoms with E-state index in [1.807, 2.05) is 0 Å². The lowest BCUT2D eigenvalue weighted by Gasteiger charge is -1.82. The number of carbonyl (C=O) groups is 1. The molecule has 13 heavy (non-hydrogen) atoms. The van der Waals surface area contributed by atoms with Crippen LogP contribution in [0.2, 0.25) is 0 Å². The van der Waals surface area contributed by atoms with Crippen molar-refractivity contribution in [3.8, 4) is 12.1 Å². The van der Waals surface area contributed by atoms with Gasteiger partial charge in [0.1, 0.15) is 11.8 Å². The lowest BCUT2D eigenvalue weighted by molar-refractivity contribution is 0.172. The number of ether oxygens (including phenoxy) is 1. The van der Waals surface area contributed by atoms with Gasteiger partial charge in [-0.3, -0.25) is 0 Å². The van der Waals surface area contributed by atoms with Crippen molar-refractivity contribution in [3.05, 3.63) is 16.2 Å². The van der Waals surface area contributed by atoms with Crippen LogP contribution in [-0.2, 0) is 4.74 Å². The average molecular weight is 181 g/mol. The number of allylic oxidation sites excluding steroid dienone is 2. The molecule has 0 radical (unpaired) electrons. The lowest BCUT2D eigenvalue weighted by Crippen LogP contribution is -2.06. The Morgan fingerprint density at radius 3 is 2.62 bits per heavy atom. The van der Waals surface area contributed by atoms with Gasteiger partial charge in [0, 0.05) is 0 Å². The largest absolute Gasteiger partial charge is 0.728 e. The average Bonchev–Trinajstić information content (AvgIpc) is 2.13. The van der Waals surface area contributed by atoms with Gasteiger partial charge in [-0.15, -0.1) is 0 Å². The maximum Gasteiger partial charge on any atom is 0.728 e. The van der Waals surface area contributed by atoms with Crippen LogP contribution < -0.4 is 11.5 Å². The zero-order valence-corrected chi connectivity index (χ0v) is 7.07. The van der Waals surface area contributed by atoms with Gasteiger partial charge in [-0.25, -0.2) is 0 Å². The third-order valence-electron chi connectivity index (χ3n) is 0.946. The van der Waals surface area contributed by atoms with Crippen molar-refractivity contribution in [2.24, 2.45) is 11.5 Å². The van der Waals surface area contributed by atoms with E-state index in [-0.39, 0.29) is 18.0 Å². The van der Waals surface area contributed by atoms with Crippen LogP contribution in [0.3, 0.4) is 0 Å². The Balaban J connectivity index is 4.44. The monoisotopic (exact) mass is 181 g/mol. The lowest BCUT2D eigenvalue weighted by atomic mass is 10.4. The van der Waals surface area contributed by atoms with Gasteiger partial charge in [0.2, 0.25) is 0 Å². The minimum Gasteiger partial charge on any atom is -0.398 e. The van der Waals surface area contributed by atoms with E-state index in [1.165, 1.54) is 0 Å². The molecule has 0 aromatic heterocycles. The quantitative estimate of drug-likeness (QED) is 0.559. The topological polar surface area (TPSA) is 106 Å². The van der Waals surface area contributed by atoms with E-state index in [0.29, 0.717) is 0 Å². The summed E-state index contributed by atoms with van der Waals surface area (Å²) in [5, 5.41) is 8.26. The van der Waals surface area contributed by atoms with Gasteiger partial charge in [-0.2, -0.15) is 10.1 Å². The van der Waals surface area contributed by atoms with Crippen molar-refractivity contribution in [1.29, 1.82) is 5.26 Å². The fourth-order valence-electron chi connectivity index (χ4n) is 0.382. The Hall–Kier alpha value is -2.21. The molecule has 0 atom stereocenters. The van der Waals surface area contributed by atoms with Crippen LogP contribution >= 0.6 is 0 Å². The highest BCUT2D eigenvalue weighted by Gasteiger charge is 2.11. The van der Waals surface area contributed by atoms with Crippen molar-refractivity contribution >= 4 is 6.09 Å². The van der Waals surface area contributed by atoms with Crippen molar-refractivity contribution in [2.45, 2.75) is 6.92 Å². The van der Waals surface area contributed by atoms with E-state index < -0.39 is 6.09 Å². The SMILES string of the molecule is CCOC(=O)[N+]#C/C(N)=C(/N)C#N. The van der Waals surface area contributed by atoms with Gasteiger partial charge >= 0.3 is 12.2 Å². The molecule has 4 N–H and O–H groups in total. The number of nitrogens with zero attached hydrogens (tertiary/aromatic N) is 2. The minimum atomic E-state index is -0.823. The second-order valence-corrected chi connectivity index (χ2v) is 1.86. The summed E-state index contributed by atoms with van der Waals surface area (Å²) in [5.41, 5.74) is 9.86. The minimum absolute atomic E-state index is 0.185. The summed E-state index contributed by atoms with van der Waals surface area (Å²) in [6, 6.07) is 3.66. The van der Waals surface area contributed by atoms with Crippen LogP contribution in [0.1, 0.15) is 6.92 Å². The molecule has 0 saturated carbocycles. The Bertz CT molecular complexity index is 329. The number of carbonyl (C=O) groups excluding carboxylic acids is 1. The van der Waals surface area contributed by atoms with Gasteiger partial charge in [-0.05, 0) is 6.92 Å². The highest BCUT2D eigenvalue weighted by molar-refractivity contribution is 5.79. The molecule has 0 aromatic rings. The summed E-state index contributed by atoms with van der Waals surface area (Å²) >= 11 is 0. The van der Waals surface area contributed by atoms with Gasteiger partial charge in [0.15, 0.2) is 5.70 Å². The molecule has 6 nitrogen and oxygen atoms in total. The van der Waals surface area contributed by atoms with Crippen LogP contribution in [0.5, 0.6) is 0 Å². The predicted octanol–water partition coefficient (Wildman–Crippen LogP) is 0.128. The molecule has 0 heterocycles. The Morgan fingerprint density at radius 2 is 2.15 bits per heavy atom. The van der Waals surface area contributed by atoms with Crippen LogP contribution in [0.15, 0.2) is 11.4 Å². The molecule has 0 bridgehead atoms. The summed E-state index contributed by atoms with van der Waals surface area (Å²) < 4.78 is 4.44. The first kappa shape index (κ1) is 10.8. The summed E-state index contributed by atoms with van der Waals surface area (Å²) in [4.78, 5) is 13.8. The Kier molecular flexibility index (Phi) is 4.52. The molecule has 0 spiro atoms. The molecular weight excluding hydrogens is 172 g/mol.